The highest BCUT2D eigenvalue weighted by Crippen LogP contribution is 2.47. The summed E-state index contributed by atoms with van der Waals surface area (Å²) in [6.45, 7) is -1.33. The summed E-state index contributed by atoms with van der Waals surface area (Å²) in [7, 11) is 1.24. The van der Waals surface area contributed by atoms with Crippen LogP contribution in [0.15, 0.2) is 30.0 Å². The average molecular weight is 643 g/mol. The number of aromatic hydroxyl groups is 4. The summed E-state index contributed by atoms with van der Waals surface area (Å²) in [6.07, 6.45) is -16.7. The average Bonchev–Trinajstić information content (AvgIpc) is 3.01. The molecule has 2 aromatic carbocycles. The fraction of sp³-hybridized carbons (Fsp3) is 0.500. The maximum Gasteiger partial charge on any atom is 0.228 e. The molecular weight excluding hydrogens is 608 g/mol. The van der Waals surface area contributed by atoms with Crippen LogP contribution in [0.4, 0.5) is 0 Å². The fourth-order valence-electron chi connectivity index (χ4n) is 5.17. The molecule has 3 aliphatic rings. The number of ether oxygens (including phenoxy) is 6. The summed E-state index contributed by atoms with van der Waals surface area (Å²) in [5.41, 5.74) is 0.178. The smallest absolute Gasteiger partial charge is 0.228 e. The second kappa shape index (κ2) is 13.0. The molecule has 0 amide bonds. The minimum Gasteiger partial charge on any atom is -0.508 e. The van der Waals surface area contributed by atoms with Gasteiger partial charge in [0.1, 0.15) is 71.8 Å². The van der Waals surface area contributed by atoms with E-state index in [1.165, 1.54) is 25.3 Å². The Labute approximate surface area is 254 Å². The summed E-state index contributed by atoms with van der Waals surface area (Å²) >= 11 is 0. The Bertz CT molecular complexity index is 1400. The van der Waals surface area contributed by atoms with Crippen molar-refractivity contribution in [1.29, 1.82) is 0 Å². The van der Waals surface area contributed by atoms with Crippen molar-refractivity contribution in [2.45, 2.75) is 67.5 Å². The second-order valence-corrected chi connectivity index (χ2v) is 10.7. The Morgan fingerprint density at radius 3 is 2.04 bits per heavy atom. The number of rotatable bonds is 8. The van der Waals surface area contributed by atoms with Crippen LogP contribution in [0, 0.1) is 0 Å². The molecule has 0 aliphatic carbocycles. The van der Waals surface area contributed by atoms with Crippen LogP contribution in [0.3, 0.4) is 0 Å². The zero-order valence-corrected chi connectivity index (χ0v) is 23.5. The molecule has 45 heavy (non-hydrogen) atoms. The van der Waals surface area contributed by atoms with E-state index < -0.39 is 98.0 Å². The van der Waals surface area contributed by atoms with E-state index in [0.29, 0.717) is 0 Å². The Kier molecular flexibility index (Phi) is 9.47. The van der Waals surface area contributed by atoms with Gasteiger partial charge in [-0.3, -0.25) is 0 Å². The molecule has 0 saturated carbocycles. The van der Waals surface area contributed by atoms with E-state index in [9.17, 15) is 56.2 Å². The molecular formula is C28H34O17. The highest BCUT2D eigenvalue weighted by Gasteiger charge is 2.48. The van der Waals surface area contributed by atoms with Crippen molar-refractivity contribution in [1.82, 2.24) is 0 Å². The number of fused-ring (bicyclic) bond motifs is 1. The van der Waals surface area contributed by atoms with Crippen molar-refractivity contribution in [2.75, 3.05) is 20.3 Å². The predicted octanol–water partition coefficient (Wildman–Crippen LogP) is -2.37. The van der Waals surface area contributed by atoms with Crippen LogP contribution in [0.25, 0.3) is 6.08 Å². The molecule has 0 spiro atoms. The lowest BCUT2D eigenvalue weighted by atomic mass is 9.98. The molecule has 11 N–H and O–H groups in total. The Morgan fingerprint density at radius 1 is 0.733 bits per heavy atom. The minimum atomic E-state index is -1.87. The molecule has 2 saturated heterocycles. The van der Waals surface area contributed by atoms with Crippen molar-refractivity contribution in [3.8, 4) is 34.5 Å². The maximum atomic E-state index is 10.8. The van der Waals surface area contributed by atoms with Crippen LogP contribution in [0.5, 0.6) is 34.5 Å². The lowest BCUT2D eigenvalue weighted by molar-refractivity contribution is -0.328. The number of aliphatic hydroxyl groups is 7. The first-order valence-corrected chi connectivity index (χ1v) is 13.7. The van der Waals surface area contributed by atoms with Gasteiger partial charge < -0.3 is 84.6 Å². The van der Waals surface area contributed by atoms with Crippen LogP contribution in [-0.2, 0) is 18.9 Å². The first-order chi connectivity index (χ1) is 21.3. The first kappa shape index (κ1) is 32.8. The number of benzene rings is 2. The quantitative estimate of drug-likeness (QED) is 0.134. The van der Waals surface area contributed by atoms with Gasteiger partial charge in [-0.15, -0.1) is 0 Å². The monoisotopic (exact) mass is 642 g/mol. The number of phenols is 4. The van der Waals surface area contributed by atoms with Gasteiger partial charge in [0.2, 0.25) is 12.0 Å². The molecule has 0 aromatic heterocycles. The summed E-state index contributed by atoms with van der Waals surface area (Å²) in [6, 6.07) is 4.66. The fourth-order valence-corrected chi connectivity index (χ4v) is 5.17. The van der Waals surface area contributed by atoms with Gasteiger partial charge in [-0.2, -0.15) is 0 Å². The molecule has 5 rings (SSSR count). The molecule has 2 fully saturated rings. The topological polar surface area (TPSA) is 278 Å². The Hall–Kier alpha value is -3.62. The van der Waals surface area contributed by atoms with Gasteiger partial charge >= 0.3 is 0 Å². The van der Waals surface area contributed by atoms with E-state index in [1.54, 1.807) is 0 Å². The molecule has 11 unspecified atom stereocenters. The number of hydrogen-bond acceptors (Lipinski definition) is 17. The van der Waals surface area contributed by atoms with Crippen LogP contribution in [0.1, 0.15) is 17.2 Å². The number of aliphatic hydroxyl groups excluding tert-OH is 7. The summed E-state index contributed by atoms with van der Waals surface area (Å²) in [5, 5.41) is 112. The summed E-state index contributed by atoms with van der Waals surface area (Å²) in [4.78, 5) is 0. The van der Waals surface area contributed by atoms with Crippen molar-refractivity contribution in [2.24, 2.45) is 0 Å². The van der Waals surface area contributed by atoms with E-state index in [0.717, 1.165) is 12.1 Å². The third-order valence-corrected chi connectivity index (χ3v) is 7.69. The predicted molar refractivity (Wildman–Crippen MR) is 145 cm³/mol. The Balaban J connectivity index is 1.41. The molecule has 2 aromatic rings. The van der Waals surface area contributed by atoms with Crippen LogP contribution in [0.2, 0.25) is 0 Å². The van der Waals surface area contributed by atoms with Crippen molar-refractivity contribution < 1.29 is 84.6 Å². The van der Waals surface area contributed by atoms with Crippen molar-refractivity contribution >= 4 is 6.08 Å². The highest BCUT2D eigenvalue weighted by molar-refractivity contribution is 5.70. The molecule has 248 valence electrons. The normalized spacial score (nSPS) is 34.8. The van der Waals surface area contributed by atoms with E-state index in [2.05, 4.69) is 0 Å². The van der Waals surface area contributed by atoms with E-state index in [4.69, 9.17) is 28.4 Å². The van der Waals surface area contributed by atoms with Crippen LogP contribution < -0.4 is 9.47 Å². The van der Waals surface area contributed by atoms with Gasteiger partial charge in [0.25, 0.3) is 0 Å². The molecule has 3 heterocycles. The highest BCUT2D eigenvalue weighted by atomic mass is 16.7. The van der Waals surface area contributed by atoms with Crippen LogP contribution >= 0.6 is 0 Å². The summed E-state index contributed by atoms with van der Waals surface area (Å²) < 4.78 is 33.4. The van der Waals surface area contributed by atoms with Gasteiger partial charge in [-0.25, -0.2) is 0 Å². The lowest BCUT2D eigenvalue weighted by Gasteiger charge is -2.43. The van der Waals surface area contributed by atoms with Gasteiger partial charge in [0, 0.05) is 17.7 Å². The zero-order chi connectivity index (χ0) is 32.7. The molecule has 11 atom stereocenters. The molecule has 17 heteroatoms. The second-order valence-electron chi connectivity index (χ2n) is 10.7. The van der Waals surface area contributed by atoms with E-state index >= 15 is 0 Å². The molecule has 17 nitrogen and oxygen atoms in total. The zero-order valence-electron chi connectivity index (χ0n) is 23.5. The Morgan fingerprint density at radius 2 is 1.38 bits per heavy atom. The summed E-state index contributed by atoms with van der Waals surface area (Å²) in [5.74, 6) is -2.23. The largest absolute Gasteiger partial charge is 0.508 e. The number of hydrogen-bond donors (Lipinski definition) is 11. The van der Waals surface area contributed by atoms with Crippen molar-refractivity contribution in [3.05, 3.63) is 41.2 Å². The lowest BCUT2D eigenvalue weighted by Crippen LogP contribution is -2.61. The first-order valence-electron chi connectivity index (χ1n) is 13.7. The minimum absolute atomic E-state index is 0.0113. The van der Waals surface area contributed by atoms with E-state index in [1.807, 2.05) is 0 Å². The number of methoxy groups -OCH3 is 1. The molecule has 0 bridgehead atoms. The SMILES string of the molecule is COc1cc(C2Oc3cc(O)cc(O)c3C=C2OC2OC(COC3OC(CO)C(O)C(O)C3O)C(O)C(O)C2O)cc(O)c1O. The van der Waals surface area contributed by atoms with Crippen LogP contribution in [-0.4, -0.2) is 138 Å². The standard InChI is InChI=1S/C28H34O17/c1-40-15-3-9(2-13(32)19(15)33)26-16(6-11-12(31)4-10(30)5-14(11)42-26)43-28-25(39)23(37)21(35)18(45-28)8-41-27-24(38)22(36)20(34)17(7-29)44-27/h2-6,17-18,20-39H,7-8H2,1H3. The number of phenolic OH excluding ortho intramolecular Hbond substituents is 4. The van der Waals surface area contributed by atoms with E-state index in [-0.39, 0.29) is 34.1 Å². The maximum absolute atomic E-state index is 10.8. The van der Waals surface area contributed by atoms with Gasteiger partial charge in [0.05, 0.1) is 25.9 Å². The van der Waals surface area contributed by atoms with Gasteiger partial charge in [0.15, 0.2) is 23.9 Å². The third-order valence-electron chi connectivity index (χ3n) is 7.69. The van der Waals surface area contributed by atoms with Gasteiger partial charge in [-0.1, -0.05) is 0 Å². The molecule has 0 radical (unpaired) electrons. The van der Waals surface area contributed by atoms with Crippen molar-refractivity contribution in [3.63, 3.8) is 0 Å². The third kappa shape index (κ3) is 6.27. The molecule has 3 aliphatic heterocycles. The van der Waals surface area contributed by atoms with Gasteiger partial charge in [-0.05, 0) is 18.2 Å².